The molecule has 3 rings (SSSR count). The fourth-order valence-electron chi connectivity index (χ4n) is 2.86. The summed E-state index contributed by atoms with van der Waals surface area (Å²) in [7, 11) is 0. The lowest BCUT2D eigenvalue weighted by Crippen LogP contribution is -2.35. The van der Waals surface area contributed by atoms with Gasteiger partial charge in [0.25, 0.3) is 5.91 Å². The van der Waals surface area contributed by atoms with E-state index in [1.54, 1.807) is 0 Å². The van der Waals surface area contributed by atoms with Crippen molar-refractivity contribution in [2.24, 2.45) is 0 Å². The molecule has 1 fully saturated rings. The summed E-state index contributed by atoms with van der Waals surface area (Å²) in [5.41, 5.74) is -0.257. The van der Waals surface area contributed by atoms with Gasteiger partial charge in [-0.3, -0.25) is 4.79 Å². The largest absolute Gasteiger partial charge is 0.399 e. The zero-order valence-electron chi connectivity index (χ0n) is 15.5. The lowest BCUT2D eigenvalue weighted by Gasteiger charge is -2.18. The van der Waals surface area contributed by atoms with Gasteiger partial charge in [-0.05, 0) is 64.2 Å². The van der Waals surface area contributed by atoms with Crippen LogP contribution >= 0.6 is 50.7 Å². The number of carbonyl (C=O) groups excluding carboxylic acids is 1. The summed E-state index contributed by atoms with van der Waals surface area (Å²) >= 11 is 20.9. The maximum absolute atomic E-state index is 13.7. The molecule has 0 radical (unpaired) electrons. The van der Waals surface area contributed by atoms with E-state index >= 15 is 0 Å². The third kappa shape index (κ3) is 5.56. The van der Waals surface area contributed by atoms with E-state index in [1.807, 2.05) is 0 Å². The highest BCUT2D eigenvalue weighted by Crippen LogP contribution is 2.41. The van der Waals surface area contributed by atoms with Crippen LogP contribution in [0, 0.1) is 11.3 Å². The smallest absolute Gasteiger partial charge is 0.334 e. The Labute approximate surface area is 199 Å². The number of nitrogens with one attached hydrogen (secondary N) is 1. The SMILES string of the molecule is N#CC1(NC(=O)c2ccc(/C=C/C(c3cc(Cl)c(Cl)c(Cl)c3)C(F)(F)F)cc2Br)CC1. The minimum Gasteiger partial charge on any atom is -0.334 e. The molecule has 1 unspecified atom stereocenters. The lowest BCUT2D eigenvalue weighted by atomic mass is 9.97. The third-order valence-corrected chi connectivity index (χ3v) is 6.61. The molecular formula is C21H13BrCl3F3N2O. The molecule has 0 aliphatic heterocycles. The highest BCUT2D eigenvalue weighted by molar-refractivity contribution is 9.10. The number of hydrogen-bond acceptors (Lipinski definition) is 2. The van der Waals surface area contributed by atoms with Gasteiger partial charge in [0.15, 0.2) is 0 Å². The first-order valence-electron chi connectivity index (χ1n) is 8.88. The van der Waals surface area contributed by atoms with Gasteiger partial charge in [-0.15, -0.1) is 0 Å². The van der Waals surface area contributed by atoms with Crippen molar-refractivity contribution in [3.05, 3.63) is 72.6 Å². The second-order valence-electron chi connectivity index (χ2n) is 7.06. The van der Waals surface area contributed by atoms with Gasteiger partial charge in [-0.2, -0.15) is 18.4 Å². The van der Waals surface area contributed by atoms with Crippen molar-refractivity contribution in [2.75, 3.05) is 0 Å². The molecular weight excluding hydrogens is 540 g/mol. The van der Waals surface area contributed by atoms with Gasteiger partial charge in [-0.25, -0.2) is 0 Å². The van der Waals surface area contributed by atoms with Crippen LogP contribution in [0.2, 0.25) is 15.1 Å². The normalized spacial score (nSPS) is 16.1. The Kier molecular flexibility index (Phi) is 6.97. The van der Waals surface area contributed by atoms with Crippen LogP contribution in [0.5, 0.6) is 0 Å². The molecule has 1 amide bonds. The fraction of sp³-hybridized carbons (Fsp3) is 0.238. The van der Waals surface area contributed by atoms with Crippen LogP contribution in [0.15, 0.2) is 40.9 Å². The molecule has 1 aliphatic carbocycles. The second kappa shape index (κ2) is 9.03. The van der Waals surface area contributed by atoms with Gasteiger partial charge in [0.2, 0.25) is 0 Å². The van der Waals surface area contributed by atoms with E-state index in [0.29, 0.717) is 22.9 Å². The van der Waals surface area contributed by atoms with Crippen LogP contribution in [-0.4, -0.2) is 17.6 Å². The van der Waals surface area contributed by atoms with Gasteiger partial charge >= 0.3 is 6.18 Å². The van der Waals surface area contributed by atoms with Crippen LogP contribution in [0.4, 0.5) is 13.2 Å². The molecule has 162 valence electrons. The maximum atomic E-state index is 13.7. The van der Waals surface area contributed by atoms with Crippen molar-refractivity contribution >= 4 is 62.7 Å². The third-order valence-electron chi connectivity index (χ3n) is 4.75. The summed E-state index contributed by atoms with van der Waals surface area (Å²) in [6, 6.07) is 8.83. The van der Waals surface area contributed by atoms with Crippen molar-refractivity contribution in [2.45, 2.75) is 30.5 Å². The average Bonchev–Trinajstić information content (AvgIpc) is 3.45. The number of hydrogen-bond donors (Lipinski definition) is 1. The fourth-order valence-corrected chi connectivity index (χ4v) is 4.05. The standard InChI is InChI=1S/C21H13BrCl3F3N2O/c22-15-7-11(1-3-13(15)19(31)30-20(10-29)5-6-20)2-4-14(21(26,27)28)12-8-16(23)18(25)17(24)9-12/h1-4,7-9,14H,5-6H2,(H,30,31)/b4-2+. The van der Waals surface area contributed by atoms with E-state index in [4.69, 9.17) is 40.1 Å². The number of amides is 1. The summed E-state index contributed by atoms with van der Waals surface area (Å²) in [5, 5.41) is 11.6. The number of alkyl halides is 3. The molecule has 0 heterocycles. The molecule has 1 atom stereocenters. The van der Waals surface area contributed by atoms with Crippen molar-refractivity contribution in [1.29, 1.82) is 5.26 Å². The number of halogens is 7. The van der Waals surface area contributed by atoms with Crippen LogP contribution in [0.25, 0.3) is 6.08 Å². The highest BCUT2D eigenvalue weighted by Gasteiger charge is 2.45. The zero-order chi connectivity index (χ0) is 23.0. The first kappa shape index (κ1) is 23.9. The van der Waals surface area contributed by atoms with Crippen LogP contribution in [0.1, 0.15) is 40.2 Å². The minimum atomic E-state index is -4.59. The van der Waals surface area contributed by atoms with Gasteiger partial charge < -0.3 is 5.32 Å². The molecule has 0 aromatic heterocycles. The van der Waals surface area contributed by atoms with Gasteiger partial charge in [0.1, 0.15) is 5.54 Å². The highest BCUT2D eigenvalue weighted by atomic mass is 79.9. The summed E-state index contributed by atoms with van der Waals surface area (Å²) in [6.07, 6.45) is -1.15. The predicted octanol–water partition coefficient (Wildman–Crippen LogP) is 7.55. The van der Waals surface area contributed by atoms with E-state index in [0.717, 1.165) is 18.2 Å². The van der Waals surface area contributed by atoms with Crippen LogP contribution in [0.3, 0.4) is 0 Å². The molecule has 1 saturated carbocycles. The summed E-state index contributed by atoms with van der Waals surface area (Å²) in [6.45, 7) is 0. The number of benzene rings is 2. The van der Waals surface area contributed by atoms with Crippen LogP contribution < -0.4 is 5.32 Å². The Morgan fingerprint density at radius 3 is 2.29 bits per heavy atom. The van der Waals surface area contributed by atoms with Crippen LogP contribution in [-0.2, 0) is 0 Å². The Bertz CT molecular complexity index is 1090. The van der Waals surface area contributed by atoms with Crippen molar-refractivity contribution < 1.29 is 18.0 Å². The molecule has 10 heteroatoms. The molecule has 1 aliphatic rings. The molecule has 0 saturated heterocycles. The summed E-state index contributed by atoms with van der Waals surface area (Å²) < 4.78 is 41.4. The molecule has 0 spiro atoms. The lowest BCUT2D eigenvalue weighted by molar-refractivity contribution is -0.139. The Morgan fingerprint density at radius 1 is 1.19 bits per heavy atom. The molecule has 0 bridgehead atoms. The summed E-state index contributed by atoms with van der Waals surface area (Å²) in [5.74, 6) is -2.40. The number of nitrogens with zero attached hydrogens (tertiary/aromatic N) is 1. The first-order valence-corrected chi connectivity index (χ1v) is 10.8. The summed E-state index contributed by atoms with van der Waals surface area (Å²) in [4.78, 5) is 12.4. The second-order valence-corrected chi connectivity index (χ2v) is 9.11. The Balaban J connectivity index is 1.85. The maximum Gasteiger partial charge on any atom is 0.399 e. The number of allylic oxidation sites excluding steroid dienone is 1. The average molecular weight is 553 g/mol. The molecule has 3 nitrogen and oxygen atoms in total. The first-order chi connectivity index (χ1) is 14.5. The van der Waals surface area contributed by atoms with E-state index in [-0.39, 0.29) is 26.2 Å². The van der Waals surface area contributed by atoms with E-state index < -0.39 is 23.5 Å². The molecule has 2 aromatic carbocycles. The Hall–Kier alpha value is -1.72. The zero-order valence-corrected chi connectivity index (χ0v) is 19.4. The van der Waals surface area contributed by atoms with Gasteiger partial charge in [-0.1, -0.05) is 53.0 Å². The van der Waals surface area contributed by atoms with Crippen molar-refractivity contribution in [3.63, 3.8) is 0 Å². The van der Waals surface area contributed by atoms with Gasteiger partial charge in [0, 0.05) is 4.47 Å². The topological polar surface area (TPSA) is 52.9 Å². The van der Waals surface area contributed by atoms with E-state index in [2.05, 4.69) is 27.3 Å². The number of rotatable bonds is 5. The van der Waals surface area contributed by atoms with E-state index in [1.165, 1.54) is 24.3 Å². The van der Waals surface area contributed by atoms with Gasteiger partial charge in [0.05, 0.1) is 32.6 Å². The quantitative estimate of drug-likeness (QED) is 0.390. The number of nitriles is 1. The van der Waals surface area contributed by atoms with Crippen molar-refractivity contribution in [3.8, 4) is 6.07 Å². The molecule has 31 heavy (non-hydrogen) atoms. The monoisotopic (exact) mass is 550 g/mol. The van der Waals surface area contributed by atoms with Crippen molar-refractivity contribution in [1.82, 2.24) is 5.32 Å². The molecule has 2 aromatic rings. The number of carbonyl (C=O) groups is 1. The molecule has 1 N–H and O–H groups in total. The van der Waals surface area contributed by atoms with E-state index in [9.17, 15) is 18.0 Å². The predicted molar refractivity (Wildman–Crippen MR) is 118 cm³/mol. The Morgan fingerprint density at radius 2 is 1.81 bits per heavy atom. The minimum absolute atomic E-state index is 0.0147.